The molecule has 0 aliphatic heterocycles. The quantitative estimate of drug-likeness (QED) is 0.378. The molecule has 0 spiro atoms. The van der Waals surface area contributed by atoms with Crippen LogP contribution in [0.15, 0.2) is 46.9 Å². The third-order valence-electron chi connectivity index (χ3n) is 5.79. The Bertz CT molecular complexity index is 1320. The number of nitrogens with two attached hydrogens (primary N) is 1. The molecule has 0 atom stereocenters. The molecule has 1 aliphatic carbocycles. The van der Waals surface area contributed by atoms with Crippen molar-refractivity contribution >= 4 is 34.2 Å². The largest absolute Gasteiger partial charge is 0.477 e. The van der Waals surface area contributed by atoms with Crippen LogP contribution in [-0.4, -0.2) is 20.6 Å². The van der Waals surface area contributed by atoms with E-state index in [0.717, 1.165) is 35.2 Å². The molecule has 3 N–H and O–H groups in total. The summed E-state index contributed by atoms with van der Waals surface area (Å²) in [6.45, 7) is 2.40. The van der Waals surface area contributed by atoms with Gasteiger partial charge in [-0.2, -0.15) is 0 Å². The molecule has 1 saturated carbocycles. The highest BCUT2D eigenvalue weighted by Crippen LogP contribution is 2.42. The molecule has 31 heavy (non-hydrogen) atoms. The summed E-state index contributed by atoms with van der Waals surface area (Å²) in [5.74, 6) is 0.655. The molecule has 6 nitrogen and oxygen atoms in total. The Morgan fingerprint density at radius 1 is 1.29 bits per heavy atom. The number of fused-ring (bicyclic) bond motifs is 1. The van der Waals surface area contributed by atoms with Crippen LogP contribution in [0.5, 0.6) is 0 Å². The van der Waals surface area contributed by atoms with Gasteiger partial charge in [-0.1, -0.05) is 36.7 Å². The van der Waals surface area contributed by atoms with Crippen LogP contribution in [-0.2, 0) is 13.0 Å². The number of carbonyl (C=O) groups is 1. The maximum Gasteiger partial charge on any atom is 0.354 e. The number of nitrogen functional groups attached to an aromatic ring is 1. The summed E-state index contributed by atoms with van der Waals surface area (Å²) in [6.07, 6.45) is 2.67. The molecule has 0 radical (unpaired) electrons. The molecule has 1 fully saturated rings. The number of hydrogen-bond acceptors (Lipinski definition) is 4. The third-order valence-corrected chi connectivity index (χ3v) is 6.17. The van der Waals surface area contributed by atoms with Crippen LogP contribution in [0.1, 0.15) is 53.3 Å². The second-order valence-electron chi connectivity index (χ2n) is 7.94. The number of nitrogens with zero attached hydrogens (tertiary/aromatic N) is 2. The van der Waals surface area contributed by atoms with E-state index < -0.39 is 5.97 Å². The number of anilines is 1. The van der Waals surface area contributed by atoms with Gasteiger partial charge >= 0.3 is 5.97 Å². The molecule has 158 valence electrons. The molecule has 1 aliphatic rings. The smallest absolute Gasteiger partial charge is 0.354 e. The molecule has 2 aromatic carbocycles. The second kappa shape index (κ2) is 7.46. The third kappa shape index (κ3) is 3.37. The predicted octanol–water partition coefficient (Wildman–Crippen LogP) is 5.72. The highest BCUT2D eigenvalue weighted by atomic mass is 35.5. The first-order chi connectivity index (χ1) is 15.0. The number of benzene rings is 2. The summed E-state index contributed by atoms with van der Waals surface area (Å²) in [7, 11) is 0. The van der Waals surface area contributed by atoms with E-state index in [1.165, 1.54) is 0 Å². The molecule has 5 rings (SSSR count). The monoisotopic (exact) mass is 435 g/mol. The summed E-state index contributed by atoms with van der Waals surface area (Å²) >= 11 is 6.67. The van der Waals surface area contributed by atoms with Gasteiger partial charge in [0.15, 0.2) is 11.5 Å². The summed E-state index contributed by atoms with van der Waals surface area (Å²) in [5, 5.41) is 11.1. The first-order valence-electron chi connectivity index (χ1n) is 10.4. The van der Waals surface area contributed by atoms with E-state index in [1.807, 2.05) is 47.9 Å². The van der Waals surface area contributed by atoms with Crippen LogP contribution < -0.4 is 5.73 Å². The lowest BCUT2D eigenvalue weighted by Gasteiger charge is -2.10. The zero-order valence-corrected chi connectivity index (χ0v) is 17.8. The Kier molecular flexibility index (Phi) is 4.74. The number of carboxylic acid groups (broad SMARTS) is 1. The minimum atomic E-state index is -0.932. The number of hydrogen-bond donors (Lipinski definition) is 2. The van der Waals surface area contributed by atoms with E-state index in [9.17, 15) is 9.90 Å². The van der Waals surface area contributed by atoms with E-state index in [0.29, 0.717) is 46.4 Å². The Balaban J connectivity index is 1.58. The Labute approximate surface area is 184 Å². The fourth-order valence-corrected chi connectivity index (χ4v) is 4.39. The lowest BCUT2D eigenvalue weighted by atomic mass is 10.1. The number of imidazole rings is 1. The van der Waals surface area contributed by atoms with Gasteiger partial charge in [-0.15, -0.1) is 0 Å². The fourth-order valence-electron chi connectivity index (χ4n) is 4.10. The summed E-state index contributed by atoms with van der Waals surface area (Å²) in [4.78, 5) is 16.7. The molecular weight excluding hydrogens is 414 g/mol. The van der Waals surface area contributed by atoms with Crippen molar-refractivity contribution < 1.29 is 14.3 Å². The SMILES string of the molecule is CCc1nc(C2CC2)c(C(=O)O)n1Cc1ccc2oc(-c3ccccc3N)c(Cl)c2c1. The minimum Gasteiger partial charge on any atom is -0.477 e. The molecule has 0 bridgehead atoms. The average Bonchev–Trinajstić information content (AvgIpc) is 3.47. The number of aryl methyl sites for hydroxylation is 1. The number of halogens is 1. The van der Waals surface area contributed by atoms with E-state index in [-0.39, 0.29) is 5.92 Å². The fraction of sp³-hybridized carbons (Fsp3) is 0.250. The van der Waals surface area contributed by atoms with Gasteiger partial charge in [0.05, 0.1) is 10.7 Å². The van der Waals surface area contributed by atoms with Crippen molar-refractivity contribution in [1.29, 1.82) is 0 Å². The molecule has 2 heterocycles. The molecule has 7 heteroatoms. The predicted molar refractivity (Wildman–Crippen MR) is 121 cm³/mol. The first-order valence-corrected chi connectivity index (χ1v) is 10.7. The van der Waals surface area contributed by atoms with E-state index in [2.05, 4.69) is 4.98 Å². The number of furan rings is 1. The van der Waals surface area contributed by atoms with Crippen molar-refractivity contribution in [2.45, 2.75) is 38.6 Å². The van der Waals surface area contributed by atoms with E-state index in [1.54, 1.807) is 6.07 Å². The van der Waals surface area contributed by atoms with Crippen LogP contribution in [0.2, 0.25) is 5.02 Å². The van der Waals surface area contributed by atoms with Crippen LogP contribution in [0.3, 0.4) is 0 Å². The Morgan fingerprint density at radius 3 is 2.74 bits per heavy atom. The van der Waals surface area contributed by atoms with Crippen LogP contribution in [0.4, 0.5) is 5.69 Å². The maximum absolute atomic E-state index is 12.0. The van der Waals surface area contributed by atoms with Gasteiger partial charge in [-0.05, 0) is 42.7 Å². The number of para-hydroxylation sites is 1. The topological polar surface area (TPSA) is 94.3 Å². The first kappa shape index (κ1) is 19.7. The van der Waals surface area contributed by atoms with Crippen LogP contribution >= 0.6 is 11.6 Å². The lowest BCUT2D eigenvalue weighted by molar-refractivity contribution is 0.0684. The van der Waals surface area contributed by atoms with Gasteiger partial charge in [0, 0.05) is 35.5 Å². The van der Waals surface area contributed by atoms with Crippen molar-refractivity contribution in [3.8, 4) is 11.3 Å². The normalized spacial score (nSPS) is 13.7. The minimum absolute atomic E-state index is 0.266. The van der Waals surface area contributed by atoms with E-state index in [4.69, 9.17) is 21.8 Å². The van der Waals surface area contributed by atoms with Crippen molar-refractivity contribution in [2.75, 3.05) is 5.73 Å². The zero-order chi connectivity index (χ0) is 21.7. The summed E-state index contributed by atoms with van der Waals surface area (Å²) in [5.41, 5.74) is 10.0. The lowest BCUT2D eigenvalue weighted by Crippen LogP contribution is -2.13. The second-order valence-corrected chi connectivity index (χ2v) is 8.32. The standard InChI is InChI=1S/C24H22ClN3O3/c1-2-19-27-21(14-8-9-14)22(24(29)30)28(19)12-13-7-10-18-16(11-13)20(25)23(31-18)15-5-3-4-6-17(15)26/h3-7,10-11,14H,2,8-9,12,26H2,1H3,(H,29,30). The van der Waals surface area contributed by atoms with E-state index >= 15 is 0 Å². The number of aromatic nitrogens is 2. The Morgan fingerprint density at radius 2 is 2.06 bits per heavy atom. The van der Waals surface area contributed by atoms with Crippen molar-refractivity contribution in [1.82, 2.24) is 9.55 Å². The number of rotatable bonds is 6. The number of aromatic carboxylic acids is 1. The molecule has 4 aromatic rings. The Hall–Kier alpha value is -3.25. The molecule has 2 aromatic heterocycles. The van der Waals surface area contributed by atoms with Gasteiger partial charge in [-0.25, -0.2) is 9.78 Å². The molecular formula is C24H22ClN3O3. The highest BCUT2D eigenvalue weighted by molar-refractivity contribution is 6.38. The maximum atomic E-state index is 12.0. The molecule has 0 unspecified atom stereocenters. The van der Waals surface area contributed by atoms with Crippen LogP contribution in [0.25, 0.3) is 22.3 Å². The highest BCUT2D eigenvalue weighted by Gasteiger charge is 2.33. The summed E-state index contributed by atoms with van der Waals surface area (Å²) < 4.78 is 7.82. The summed E-state index contributed by atoms with van der Waals surface area (Å²) in [6, 6.07) is 13.2. The molecule has 0 saturated heterocycles. The molecule has 0 amide bonds. The average molecular weight is 436 g/mol. The van der Waals surface area contributed by atoms with Gasteiger partial charge in [0.2, 0.25) is 0 Å². The van der Waals surface area contributed by atoms with Gasteiger partial charge in [-0.3, -0.25) is 0 Å². The van der Waals surface area contributed by atoms with Gasteiger partial charge in [0.1, 0.15) is 11.4 Å². The van der Waals surface area contributed by atoms with Crippen molar-refractivity contribution in [3.05, 3.63) is 70.3 Å². The van der Waals surface area contributed by atoms with Crippen molar-refractivity contribution in [2.24, 2.45) is 0 Å². The van der Waals surface area contributed by atoms with Crippen LogP contribution in [0, 0.1) is 0 Å². The van der Waals surface area contributed by atoms with Crippen molar-refractivity contribution in [3.63, 3.8) is 0 Å². The number of carboxylic acids is 1. The van der Waals surface area contributed by atoms with Gasteiger partial charge in [0.25, 0.3) is 0 Å². The zero-order valence-electron chi connectivity index (χ0n) is 17.1. The van der Waals surface area contributed by atoms with Gasteiger partial charge < -0.3 is 19.8 Å².